The van der Waals surface area contributed by atoms with Gasteiger partial charge in [-0.25, -0.2) is 0 Å². The highest BCUT2D eigenvalue weighted by atomic mass is 16.3. The minimum atomic E-state index is 0.954. The maximum atomic E-state index is 6.00. The summed E-state index contributed by atoms with van der Waals surface area (Å²) in [5.74, 6) is 0. The molecule has 0 aliphatic carbocycles. The highest BCUT2D eigenvalue weighted by Gasteiger charge is 2.09. The summed E-state index contributed by atoms with van der Waals surface area (Å²) in [6.07, 6.45) is 0. The Morgan fingerprint density at radius 2 is 1.52 bits per heavy atom. The number of para-hydroxylation sites is 1. The Bertz CT molecular complexity index is 960. The van der Waals surface area contributed by atoms with Gasteiger partial charge in [-0.05, 0) is 42.7 Å². The maximum Gasteiger partial charge on any atom is 0.138 e. The van der Waals surface area contributed by atoms with Crippen molar-refractivity contribution in [1.82, 2.24) is 0 Å². The minimum absolute atomic E-state index is 0.954. The first-order chi connectivity index (χ1) is 10.2. The standard InChI is InChI=1S/C20H16O/c1-13-5-3-7-15(11-13)16-9-10-19-18(12-16)17-8-4-6-14(2)20(17)21-19/h3-12H,1-2H3. The lowest BCUT2D eigenvalue weighted by Gasteiger charge is -2.03. The van der Waals surface area contributed by atoms with E-state index in [0.29, 0.717) is 0 Å². The van der Waals surface area contributed by atoms with Crippen LogP contribution in [0.25, 0.3) is 33.1 Å². The first-order valence-electron chi connectivity index (χ1n) is 7.21. The van der Waals surface area contributed by atoms with Gasteiger partial charge in [-0.3, -0.25) is 0 Å². The summed E-state index contributed by atoms with van der Waals surface area (Å²) in [6.45, 7) is 4.21. The van der Waals surface area contributed by atoms with Crippen LogP contribution in [0.2, 0.25) is 0 Å². The third-order valence-corrected chi connectivity index (χ3v) is 4.05. The summed E-state index contributed by atoms with van der Waals surface area (Å²) in [7, 11) is 0. The molecule has 21 heavy (non-hydrogen) atoms. The van der Waals surface area contributed by atoms with Gasteiger partial charge in [0.1, 0.15) is 11.2 Å². The zero-order valence-electron chi connectivity index (χ0n) is 12.2. The van der Waals surface area contributed by atoms with Crippen molar-refractivity contribution in [3.05, 3.63) is 71.8 Å². The summed E-state index contributed by atoms with van der Waals surface area (Å²) < 4.78 is 6.00. The lowest BCUT2D eigenvalue weighted by Crippen LogP contribution is -1.79. The molecular formula is C20H16O. The van der Waals surface area contributed by atoms with E-state index in [9.17, 15) is 0 Å². The number of rotatable bonds is 1. The van der Waals surface area contributed by atoms with Crippen LogP contribution < -0.4 is 0 Å². The molecule has 0 saturated heterocycles. The summed E-state index contributed by atoms with van der Waals surface area (Å²) in [5.41, 5.74) is 6.89. The smallest absolute Gasteiger partial charge is 0.138 e. The molecule has 0 amide bonds. The maximum absolute atomic E-state index is 6.00. The zero-order valence-corrected chi connectivity index (χ0v) is 12.2. The summed E-state index contributed by atoms with van der Waals surface area (Å²) in [6, 6.07) is 21.4. The fourth-order valence-corrected chi connectivity index (χ4v) is 2.94. The molecule has 0 unspecified atom stereocenters. The molecule has 0 saturated carbocycles. The van der Waals surface area contributed by atoms with Crippen LogP contribution in [0, 0.1) is 13.8 Å². The third-order valence-electron chi connectivity index (χ3n) is 4.05. The molecule has 0 N–H and O–H groups in total. The van der Waals surface area contributed by atoms with Crippen LogP contribution in [0.5, 0.6) is 0 Å². The number of hydrogen-bond acceptors (Lipinski definition) is 1. The van der Waals surface area contributed by atoms with E-state index >= 15 is 0 Å². The van der Waals surface area contributed by atoms with Crippen LogP contribution >= 0.6 is 0 Å². The molecule has 102 valence electrons. The lowest BCUT2D eigenvalue weighted by atomic mass is 10.0. The van der Waals surface area contributed by atoms with Gasteiger partial charge in [-0.15, -0.1) is 0 Å². The first-order valence-corrected chi connectivity index (χ1v) is 7.21. The largest absolute Gasteiger partial charge is 0.456 e. The van der Waals surface area contributed by atoms with Crippen molar-refractivity contribution in [1.29, 1.82) is 0 Å². The Labute approximate surface area is 123 Å². The van der Waals surface area contributed by atoms with Crippen molar-refractivity contribution in [3.63, 3.8) is 0 Å². The topological polar surface area (TPSA) is 13.1 Å². The Hall–Kier alpha value is -2.54. The molecule has 1 aromatic heterocycles. The van der Waals surface area contributed by atoms with E-state index in [2.05, 4.69) is 74.5 Å². The van der Waals surface area contributed by atoms with Crippen LogP contribution in [-0.4, -0.2) is 0 Å². The summed E-state index contributed by atoms with van der Waals surface area (Å²) in [5, 5.41) is 2.38. The number of benzene rings is 3. The summed E-state index contributed by atoms with van der Waals surface area (Å²) in [4.78, 5) is 0. The molecule has 0 aliphatic rings. The number of hydrogen-bond donors (Lipinski definition) is 0. The SMILES string of the molecule is Cc1cccc(-c2ccc3oc4c(C)cccc4c3c2)c1. The van der Waals surface area contributed by atoms with Crippen molar-refractivity contribution in [2.24, 2.45) is 0 Å². The minimum Gasteiger partial charge on any atom is -0.456 e. The second-order valence-electron chi connectivity index (χ2n) is 5.63. The average molecular weight is 272 g/mol. The highest BCUT2D eigenvalue weighted by molar-refractivity contribution is 6.07. The van der Waals surface area contributed by atoms with Crippen molar-refractivity contribution in [3.8, 4) is 11.1 Å². The Kier molecular flexibility index (Phi) is 2.61. The Morgan fingerprint density at radius 3 is 2.38 bits per heavy atom. The predicted molar refractivity (Wildman–Crippen MR) is 88.6 cm³/mol. The van der Waals surface area contributed by atoms with E-state index in [1.54, 1.807) is 0 Å². The lowest BCUT2D eigenvalue weighted by molar-refractivity contribution is 0.666. The fraction of sp³-hybridized carbons (Fsp3) is 0.100. The van der Waals surface area contributed by atoms with Gasteiger partial charge in [0.25, 0.3) is 0 Å². The van der Waals surface area contributed by atoms with Gasteiger partial charge in [0, 0.05) is 10.8 Å². The van der Waals surface area contributed by atoms with Crippen LogP contribution in [0.4, 0.5) is 0 Å². The molecule has 0 bridgehead atoms. The number of aryl methyl sites for hydroxylation is 2. The normalized spacial score (nSPS) is 11.3. The van der Waals surface area contributed by atoms with E-state index in [1.807, 2.05) is 0 Å². The van der Waals surface area contributed by atoms with Crippen molar-refractivity contribution >= 4 is 21.9 Å². The highest BCUT2D eigenvalue weighted by Crippen LogP contribution is 2.33. The third kappa shape index (κ3) is 1.93. The van der Waals surface area contributed by atoms with Gasteiger partial charge >= 0.3 is 0 Å². The molecule has 4 aromatic rings. The number of fused-ring (bicyclic) bond motifs is 3. The van der Waals surface area contributed by atoms with Gasteiger partial charge in [0.15, 0.2) is 0 Å². The molecular weight excluding hydrogens is 256 g/mol. The van der Waals surface area contributed by atoms with Gasteiger partial charge in [0.2, 0.25) is 0 Å². The van der Waals surface area contributed by atoms with E-state index in [1.165, 1.54) is 33.0 Å². The Balaban J connectivity index is 2.01. The average Bonchev–Trinajstić information content (AvgIpc) is 2.87. The van der Waals surface area contributed by atoms with Crippen molar-refractivity contribution in [2.75, 3.05) is 0 Å². The molecule has 0 spiro atoms. The Morgan fingerprint density at radius 1 is 0.714 bits per heavy atom. The van der Waals surface area contributed by atoms with Gasteiger partial charge in [-0.1, -0.05) is 54.1 Å². The van der Waals surface area contributed by atoms with Gasteiger partial charge in [0.05, 0.1) is 0 Å². The predicted octanol–water partition coefficient (Wildman–Crippen LogP) is 5.87. The summed E-state index contributed by atoms with van der Waals surface area (Å²) >= 11 is 0. The molecule has 1 heterocycles. The molecule has 4 rings (SSSR count). The van der Waals surface area contributed by atoms with Gasteiger partial charge in [-0.2, -0.15) is 0 Å². The molecule has 1 nitrogen and oxygen atoms in total. The second-order valence-corrected chi connectivity index (χ2v) is 5.63. The van der Waals surface area contributed by atoms with Crippen molar-refractivity contribution in [2.45, 2.75) is 13.8 Å². The van der Waals surface area contributed by atoms with E-state index < -0.39 is 0 Å². The van der Waals surface area contributed by atoms with Crippen LogP contribution in [0.3, 0.4) is 0 Å². The monoisotopic (exact) mass is 272 g/mol. The molecule has 1 heteroatoms. The second kappa shape index (κ2) is 4.49. The molecule has 0 fully saturated rings. The van der Waals surface area contributed by atoms with Gasteiger partial charge < -0.3 is 4.42 Å². The zero-order chi connectivity index (χ0) is 14.4. The van der Waals surface area contributed by atoms with Crippen LogP contribution in [0.1, 0.15) is 11.1 Å². The van der Waals surface area contributed by atoms with Crippen LogP contribution in [0.15, 0.2) is 65.1 Å². The number of furan rings is 1. The van der Waals surface area contributed by atoms with Crippen molar-refractivity contribution < 1.29 is 4.42 Å². The van der Waals surface area contributed by atoms with E-state index in [0.717, 1.165) is 11.2 Å². The first kappa shape index (κ1) is 12.2. The van der Waals surface area contributed by atoms with E-state index in [-0.39, 0.29) is 0 Å². The molecule has 0 atom stereocenters. The fourth-order valence-electron chi connectivity index (χ4n) is 2.94. The van der Waals surface area contributed by atoms with Crippen LogP contribution in [-0.2, 0) is 0 Å². The molecule has 3 aromatic carbocycles. The molecule has 0 radical (unpaired) electrons. The molecule has 0 aliphatic heterocycles. The van der Waals surface area contributed by atoms with E-state index in [4.69, 9.17) is 4.42 Å². The quantitative estimate of drug-likeness (QED) is 0.422.